The molecule has 98 valence electrons. The standard InChI is InChI=1S/C17H20N2/c1-19(13-14-10-11-14)17(15-7-3-2-4-8-15)16-9-5-6-12-18-16/h2-9,12,14,17H,10-11,13H2,1H3. The van der Waals surface area contributed by atoms with Crippen LogP contribution in [0.15, 0.2) is 54.7 Å². The van der Waals surface area contributed by atoms with E-state index in [1.807, 2.05) is 12.3 Å². The summed E-state index contributed by atoms with van der Waals surface area (Å²) < 4.78 is 0. The van der Waals surface area contributed by atoms with Gasteiger partial charge in [0.05, 0.1) is 11.7 Å². The summed E-state index contributed by atoms with van der Waals surface area (Å²) in [6.45, 7) is 1.16. The van der Waals surface area contributed by atoms with Crippen molar-refractivity contribution in [2.75, 3.05) is 13.6 Å². The van der Waals surface area contributed by atoms with Gasteiger partial charge in [-0.1, -0.05) is 36.4 Å². The first kappa shape index (κ1) is 12.4. The minimum atomic E-state index is 0.267. The molecule has 0 amide bonds. The molecule has 1 aromatic heterocycles. The highest BCUT2D eigenvalue weighted by molar-refractivity contribution is 5.27. The van der Waals surface area contributed by atoms with Crippen molar-refractivity contribution in [3.63, 3.8) is 0 Å². The molecule has 1 heterocycles. The lowest BCUT2D eigenvalue weighted by Crippen LogP contribution is -2.28. The van der Waals surface area contributed by atoms with Crippen LogP contribution in [0, 0.1) is 5.92 Å². The van der Waals surface area contributed by atoms with Gasteiger partial charge in [-0.05, 0) is 43.5 Å². The van der Waals surface area contributed by atoms with Crippen LogP contribution in [-0.4, -0.2) is 23.5 Å². The van der Waals surface area contributed by atoms with Crippen molar-refractivity contribution in [2.45, 2.75) is 18.9 Å². The van der Waals surface area contributed by atoms with E-state index in [0.29, 0.717) is 0 Å². The number of hydrogen-bond donors (Lipinski definition) is 0. The van der Waals surface area contributed by atoms with E-state index in [1.165, 1.54) is 18.4 Å². The van der Waals surface area contributed by atoms with Gasteiger partial charge < -0.3 is 0 Å². The van der Waals surface area contributed by atoms with Crippen molar-refractivity contribution in [2.24, 2.45) is 5.92 Å². The van der Waals surface area contributed by atoms with Crippen LogP contribution in [0.4, 0.5) is 0 Å². The van der Waals surface area contributed by atoms with Crippen LogP contribution in [0.1, 0.15) is 30.1 Å². The van der Waals surface area contributed by atoms with Crippen LogP contribution in [0.2, 0.25) is 0 Å². The minimum absolute atomic E-state index is 0.267. The van der Waals surface area contributed by atoms with Crippen molar-refractivity contribution < 1.29 is 0 Å². The van der Waals surface area contributed by atoms with Crippen LogP contribution >= 0.6 is 0 Å². The molecular formula is C17H20N2. The molecule has 1 aliphatic carbocycles. The molecule has 1 unspecified atom stereocenters. The molecule has 3 rings (SSSR count). The van der Waals surface area contributed by atoms with Gasteiger partial charge in [-0.15, -0.1) is 0 Å². The van der Waals surface area contributed by atoms with Gasteiger partial charge in [-0.2, -0.15) is 0 Å². The maximum atomic E-state index is 4.56. The predicted molar refractivity (Wildman–Crippen MR) is 77.9 cm³/mol. The lowest BCUT2D eigenvalue weighted by Gasteiger charge is -2.28. The van der Waals surface area contributed by atoms with E-state index in [0.717, 1.165) is 18.2 Å². The van der Waals surface area contributed by atoms with Crippen LogP contribution in [0.25, 0.3) is 0 Å². The van der Waals surface area contributed by atoms with Gasteiger partial charge in [0.15, 0.2) is 0 Å². The third kappa shape index (κ3) is 3.02. The smallest absolute Gasteiger partial charge is 0.0774 e. The third-order valence-electron chi connectivity index (χ3n) is 3.77. The predicted octanol–water partition coefficient (Wildman–Crippen LogP) is 3.51. The van der Waals surface area contributed by atoms with Crippen LogP contribution < -0.4 is 0 Å². The van der Waals surface area contributed by atoms with E-state index in [4.69, 9.17) is 0 Å². The molecule has 1 aromatic carbocycles. The second kappa shape index (κ2) is 5.54. The molecule has 19 heavy (non-hydrogen) atoms. The molecule has 2 aromatic rings. The first-order valence-electron chi connectivity index (χ1n) is 7.00. The largest absolute Gasteiger partial charge is 0.294 e. The Labute approximate surface area is 115 Å². The fourth-order valence-corrected chi connectivity index (χ4v) is 2.64. The molecule has 1 fully saturated rings. The first-order valence-corrected chi connectivity index (χ1v) is 7.00. The molecule has 2 heteroatoms. The molecule has 0 N–H and O–H groups in total. The van der Waals surface area contributed by atoms with E-state index >= 15 is 0 Å². The Morgan fingerprint density at radius 2 is 1.84 bits per heavy atom. The summed E-state index contributed by atoms with van der Waals surface area (Å²) in [4.78, 5) is 7.00. The highest BCUT2D eigenvalue weighted by Crippen LogP contribution is 2.33. The third-order valence-corrected chi connectivity index (χ3v) is 3.77. The fourth-order valence-electron chi connectivity index (χ4n) is 2.64. The fraction of sp³-hybridized carbons (Fsp3) is 0.353. The number of nitrogens with zero attached hydrogens (tertiary/aromatic N) is 2. The Kier molecular flexibility index (Phi) is 3.60. The van der Waals surface area contributed by atoms with Crippen LogP contribution in [-0.2, 0) is 0 Å². The topological polar surface area (TPSA) is 16.1 Å². The second-order valence-corrected chi connectivity index (χ2v) is 5.45. The van der Waals surface area contributed by atoms with Gasteiger partial charge >= 0.3 is 0 Å². The molecule has 0 bridgehead atoms. The molecular weight excluding hydrogens is 232 g/mol. The van der Waals surface area contributed by atoms with E-state index in [2.05, 4.69) is 59.4 Å². The van der Waals surface area contributed by atoms with E-state index in [-0.39, 0.29) is 6.04 Å². The molecule has 1 aliphatic rings. The molecule has 1 saturated carbocycles. The summed E-state index contributed by atoms with van der Waals surface area (Å²) in [6, 6.07) is 17.1. The number of rotatable bonds is 5. The van der Waals surface area contributed by atoms with E-state index in [9.17, 15) is 0 Å². The van der Waals surface area contributed by atoms with Crippen molar-refractivity contribution >= 4 is 0 Å². The first-order chi connectivity index (χ1) is 9.34. The average Bonchev–Trinajstić information content (AvgIpc) is 3.25. The van der Waals surface area contributed by atoms with Gasteiger partial charge in [0.1, 0.15) is 0 Å². The van der Waals surface area contributed by atoms with E-state index in [1.54, 1.807) is 0 Å². The summed E-state index contributed by atoms with van der Waals surface area (Å²) in [5.41, 5.74) is 2.46. The zero-order chi connectivity index (χ0) is 13.1. The Morgan fingerprint density at radius 1 is 1.11 bits per heavy atom. The van der Waals surface area contributed by atoms with Gasteiger partial charge in [0.25, 0.3) is 0 Å². The Bertz CT molecular complexity index is 466. The highest BCUT2D eigenvalue weighted by Gasteiger charge is 2.27. The Hall–Kier alpha value is -1.67. The molecule has 0 saturated heterocycles. The summed E-state index contributed by atoms with van der Waals surface area (Å²) in [6.07, 6.45) is 4.65. The summed E-state index contributed by atoms with van der Waals surface area (Å²) in [5.74, 6) is 0.889. The van der Waals surface area contributed by atoms with Crippen LogP contribution in [0.5, 0.6) is 0 Å². The van der Waals surface area contributed by atoms with Gasteiger partial charge in [0, 0.05) is 12.7 Å². The SMILES string of the molecule is CN(CC1CC1)C(c1ccccc1)c1ccccn1. The maximum Gasteiger partial charge on any atom is 0.0774 e. The average molecular weight is 252 g/mol. The second-order valence-electron chi connectivity index (χ2n) is 5.45. The zero-order valence-electron chi connectivity index (χ0n) is 11.4. The number of benzene rings is 1. The van der Waals surface area contributed by atoms with Gasteiger partial charge in [0.2, 0.25) is 0 Å². The zero-order valence-corrected chi connectivity index (χ0v) is 11.4. The van der Waals surface area contributed by atoms with Gasteiger partial charge in [-0.25, -0.2) is 0 Å². The molecule has 0 radical (unpaired) electrons. The van der Waals surface area contributed by atoms with Gasteiger partial charge in [-0.3, -0.25) is 9.88 Å². The van der Waals surface area contributed by atoms with Crippen molar-refractivity contribution in [1.29, 1.82) is 0 Å². The number of hydrogen-bond acceptors (Lipinski definition) is 2. The van der Waals surface area contributed by atoms with Crippen LogP contribution in [0.3, 0.4) is 0 Å². The quantitative estimate of drug-likeness (QED) is 0.809. The Morgan fingerprint density at radius 3 is 2.47 bits per heavy atom. The number of aromatic nitrogens is 1. The molecule has 2 nitrogen and oxygen atoms in total. The lowest BCUT2D eigenvalue weighted by molar-refractivity contribution is 0.263. The number of pyridine rings is 1. The molecule has 0 spiro atoms. The monoisotopic (exact) mass is 252 g/mol. The van der Waals surface area contributed by atoms with Crippen molar-refractivity contribution in [3.05, 3.63) is 66.0 Å². The summed E-state index contributed by atoms with van der Waals surface area (Å²) in [7, 11) is 2.21. The summed E-state index contributed by atoms with van der Waals surface area (Å²) in [5, 5.41) is 0. The normalized spacial score (nSPS) is 16.5. The molecule has 1 atom stereocenters. The maximum absolute atomic E-state index is 4.56. The summed E-state index contributed by atoms with van der Waals surface area (Å²) >= 11 is 0. The lowest BCUT2D eigenvalue weighted by atomic mass is 10.0. The van der Waals surface area contributed by atoms with Crippen molar-refractivity contribution in [3.8, 4) is 0 Å². The van der Waals surface area contributed by atoms with E-state index < -0.39 is 0 Å². The molecule has 0 aliphatic heterocycles. The Balaban J connectivity index is 1.90. The minimum Gasteiger partial charge on any atom is -0.294 e. The highest BCUT2D eigenvalue weighted by atomic mass is 15.1. The van der Waals surface area contributed by atoms with Crippen molar-refractivity contribution in [1.82, 2.24) is 9.88 Å².